The average Bonchev–Trinajstić information content (AvgIpc) is 2.59. The van der Waals surface area contributed by atoms with Crippen LogP contribution in [0.5, 0.6) is 5.75 Å². The van der Waals surface area contributed by atoms with Crippen molar-refractivity contribution in [3.05, 3.63) is 59.9 Å². The molecule has 23 heavy (non-hydrogen) atoms. The summed E-state index contributed by atoms with van der Waals surface area (Å²) >= 11 is 0. The van der Waals surface area contributed by atoms with Crippen molar-refractivity contribution in [2.45, 2.75) is 19.8 Å². The third kappa shape index (κ3) is 6.34. The predicted octanol–water partition coefficient (Wildman–Crippen LogP) is 3.97. The minimum Gasteiger partial charge on any atom is -0.494 e. The Morgan fingerprint density at radius 1 is 1.04 bits per heavy atom. The minimum atomic E-state index is -0.173. The summed E-state index contributed by atoms with van der Waals surface area (Å²) in [4.78, 5) is 15.2. The average molecular weight is 311 g/mol. The van der Waals surface area contributed by atoms with E-state index in [0.29, 0.717) is 26.1 Å². The van der Waals surface area contributed by atoms with Crippen molar-refractivity contribution in [1.29, 1.82) is 0 Å². The number of hydrogen-bond acceptors (Lipinski definition) is 4. The molecule has 1 aromatic heterocycles. The van der Waals surface area contributed by atoms with Gasteiger partial charge in [0.15, 0.2) is 0 Å². The summed E-state index contributed by atoms with van der Waals surface area (Å²) in [6.07, 6.45) is 8.67. The summed E-state index contributed by atoms with van der Waals surface area (Å²) in [5.74, 6) is 0.627. The van der Waals surface area contributed by atoms with E-state index in [1.54, 1.807) is 19.3 Å². The van der Waals surface area contributed by atoms with E-state index in [9.17, 15) is 4.79 Å². The summed E-state index contributed by atoms with van der Waals surface area (Å²) in [5, 5.41) is 0. The Morgan fingerprint density at radius 2 is 1.70 bits per heavy atom. The van der Waals surface area contributed by atoms with E-state index in [1.807, 2.05) is 48.6 Å². The van der Waals surface area contributed by atoms with E-state index in [4.69, 9.17) is 9.47 Å². The van der Waals surface area contributed by atoms with Crippen LogP contribution >= 0.6 is 0 Å². The zero-order valence-electron chi connectivity index (χ0n) is 13.3. The van der Waals surface area contributed by atoms with Crippen molar-refractivity contribution >= 4 is 18.1 Å². The molecule has 1 heterocycles. The van der Waals surface area contributed by atoms with Crippen LogP contribution in [0.15, 0.2) is 48.8 Å². The molecule has 0 aliphatic carbocycles. The molecule has 1 aromatic carbocycles. The molecule has 2 rings (SSSR count). The molecule has 0 spiro atoms. The number of carbonyl (C=O) groups excluding carboxylic acids is 1. The Bertz CT molecular complexity index is 621. The lowest BCUT2D eigenvalue weighted by Gasteiger charge is -2.06. The minimum absolute atomic E-state index is 0.173. The highest BCUT2D eigenvalue weighted by atomic mass is 16.5. The van der Waals surface area contributed by atoms with E-state index in [-0.39, 0.29) is 5.97 Å². The number of benzene rings is 1. The fourth-order valence-electron chi connectivity index (χ4n) is 1.98. The molecule has 0 aliphatic rings. The van der Waals surface area contributed by atoms with Crippen LogP contribution in [0.25, 0.3) is 12.2 Å². The van der Waals surface area contributed by atoms with Crippen molar-refractivity contribution in [3.8, 4) is 5.75 Å². The molecule has 0 atom stereocenters. The Balaban J connectivity index is 1.76. The van der Waals surface area contributed by atoms with Crippen LogP contribution in [-0.2, 0) is 9.53 Å². The van der Waals surface area contributed by atoms with Crippen LogP contribution in [0.2, 0.25) is 0 Å². The molecule has 0 aliphatic heterocycles. The van der Waals surface area contributed by atoms with Crippen LogP contribution in [0, 0.1) is 0 Å². The topological polar surface area (TPSA) is 48.4 Å². The summed E-state index contributed by atoms with van der Waals surface area (Å²) in [5.41, 5.74) is 2.21. The van der Waals surface area contributed by atoms with Gasteiger partial charge in [0.1, 0.15) is 5.75 Å². The van der Waals surface area contributed by atoms with Gasteiger partial charge in [0, 0.05) is 18.8 Å². The SMILES string of the molecule is CCOC(=O)CCCOc1ccc(C=Cc2ccncc2)cc1. The molecule has 0 amide bonds. The van der Waals surface area contributed by atoms with Crippen LogP contribution < -0.4 is 4.74 Å². The van der Waals surface area contributed by atoms with E-state index < -0.39 is 0 Å². The largest absolute Gasteiger partial charge is 0.494 e. The molecule has 0 saturated carbocycles. The van der Waals surface area contributed by atoms with Crippen LogP contribution in [-0.4, -0.2) is 24.2 Å². The molecular weight excluding hydrogens is 290 g/mol. The maximum absolute atomic E-state index is 11.2. The first-order valence-corrected chi connectivity index (χ1v) is 7.74. The van der Waals surface area contributed by atoms with E-state index in [1.165, 1.54) is 0 Å². The molecule has 0 fully saturated rings. The van der Waals surface area contributed by atoms with E-state index in [2.05, 4.69) is 4.98 Å². The Morgan fingerprint density at radius 3 is 2.35 bits per heavy atom. The number of rotatable bonds is 8. The molecule has 2 aromatic rings. The number of nitrogens with zero attached hydrogens (tertiary/aromatic N) is 1. The third-order valence-electron chi connectivity index (χ3n) is 3.15. The molecule has 0 N–H and O–H groups in total. The second-order valence-corrected chi connectivity index (χ2v) is 4.94. The zero-order valence-corrected chi connectivity index (χ0v) is 13.3. The maximum Gasteiger partial charge on any atom is 0.305 e. The highest BCUT2D eigenvalue weighted by Crippen LogP contribution is 2.15. The van der Waals surface area contributed by atoms with Crippen molar-refractivity contribution in [1.82, 2.24) is 4.98 Å². The number of carbonyl (C=O) groups is 1. The van der Waals surface area contributed by atoms with E-state index >= 15 is 0 Å². The maximum atomic E-state index is 11.2. The molecular formula is C19H21NO3. The molecule has 4 nitrogen and oxygen atoms in total. The lowest BCUT2D eigenvalue weighted by molar-refractivity contribution is -0.143. The van der Waals surface area contributed by atoms with Gasteiger partial charge in [-0.25, -0.2) is 0 Å². The van der Waals surface area contributed by atoms with Gasteiger partial charge in [0.05, 0.1) is 13.2 Å². The third-order valence-corrected chi connectivity index (χ3v) is 3.15. The molecule has 0 bridgehead atoms. The fraction of sp³-hybridized carbons (Fsp3) is 0.263. The quantitative estimate of drug-likeness (QED) is 0.546. The van der Waals surface area contributed by atoms with Gasteiger partial charge in [0.25, 0.3) is 0 Å². The molecule has 0 radical (unpaired) electrons. The first-order valence-electron chi connectivity index (χ1n) is 7.74. The van der Waals surface area contributed by atoms with Gasteiger partial charge in [-0.15, -0.1) is 0 Å². The zero-order chi connectivity index (χ0) is 16.3. The smallest absolute Gasteiger partial charge is 0.305 e. The first kappa shape index (κ1) is 16.7. The van der Waals surface area contributed by atoms with Crippen LogP contribution in [0.4, 0.5) is 0 Å². The molecule has 4 heteroatoms. The number of ether oxygens (including phenoxy) is 2. The van der Waals surface area contributed by atoms with Crippen molar-refractivity contribution in [3.63, 3.8) is 0 Å². The van der Waals surface area contributed by atoms with Crippen LogP contribution in [0.1, 0.15) is 30.9 Å². The second kappa shape index (κ2) is 9.41. The summed E-state index contributed by atoms with van der Waals surface area (Å²) in [6.45, 7) is 2.73. The van der Waals surface area contributed by atoms with E-state index in [0.717, 1.165) is 16.9 Å². The lowest BCUT2D eigenvalue weighted by atomic mass is 10.1. The summed E-state index contributed by atoms with van der Waals surface area (Å²) in [7, 11) is 0. The number of aromatic nitrogens is 1. The molecule has 0 unspecified atom stereocenters. The highest BCUT2D eigenvalue weighted by Gasteiger charge is 2.01. The molecule has 120 valence electrons. The lowest BCUT2D eigenvalue weighted by Crippen LogP contribution is -2.06. The summed E-state index contributed by atoms with van der Waals surface area (Å²) < 4.78 is 10.5. The first-order chi connectivity index (χ1) is 11.3. The van der Waals surface area contributed by atoms with Crippen molar-refractivity contribution in [2.24, 2.45) is 0 Å². The second-order valence-electron chi connectivity index (χ2n) is 4.94. The van der Waals surface area contributed by atoms with Gasteiger partial charge >= 0.3 is 5.97 Å². The normalized spacial score (nSPS) is 10.7. The monoisotopic (exact) mass is 311 g/mol. The Labute approximate surface area is 136 Å². The number of esters is 1. The van der Waals surface area contributed by atoms with Gasteiger partial charge in [0.2, 0.25) is 0 Å². The van der Waals surface area contributed by atoms with Crippen LogP contribution in [0.3, 0.4) is 0 Å². The standard InChI is InChI=1S/C19H21NO3/c1-2-22-19(21)4-3-15-23-18-9-7-16(8-10-18)5-6-17-11-13-20-14-12-17/h5-14H,2-4,15H2,1H3. The Kier molecular flexibility index (Phi) is 6.85. The van der Waals surface area contributed by atoms with Gasteiger partial charge in [-0.05, 0) is 48.7 Å². The highest BCUT2D eigenvalue weighted by molar-refractivity contribution is 5.69. The number of hydrogen-bond donors (Lipinski definition) is 0. The van der Waals surface area contributed by atoms with Gasteiger partial charge in [-0.2, -0.15) is 0 Å². The Hall–Kier alpha value is -2.62. The van der Waals surface area contributed by atoms with Gasteiger partial charge in [-0.1, -0.05) is 24.3 Å². The fourth-order valence-corrected chi connectivity index (χ4v) is 1.98. The number of pyridine rings is 1. The van der Waals surface area contributed by atoms with Crippen molar-refractivity contribution < 1.29 is 14.3 Å². The van der Waals surface area contributed by atoms with Gasteiger partial charge < -0.3 is 9.47 Å². The summed E-state index contributed by atoms with van der Waals surface area (Å²) in [6, 6.07) is 11.8. The predicted molar refractivity (Wildman–Crippen MR) is 91.0 cm³/mol. The van der Waals surface area contributed by atoms with Crippen molar-refractivity contribution in [2.75, 3.05) is 13.2 Å². The van der Waals surface area contributed by atoms with Gasteiger partial charge in [-0.3, -0.25) is 9.78 Å². The molecule has 0 saturated heterocycles.